The molecule has 2 aromatic carbocycles. The number of aryl methyl sites for hydroxylation is 2. The summed E-state index contributed by atoms with van der Waals surface area (Å²) in [7, 11) is 1.62. The van der Waals surface area contributed by atoms with Gasteiger partial charge in [0.2, 0.25) is 0 Å². The molecular weight excluding hydrogens is 264 g/mol. The van der Waals surface area contributed by atoms with Crippen LogP contribution in [0.1, 0.15) is 18.1 Å². The summed E-state index contributed by atoms with van der Waals surface area (Å²) in [6.07, 6.45) is 0.984. The van der Waals surface area contributed by atoms with Gasteiger partial charge < -0.3 is 15.4 Å². The number of anilines is 2. The molecule has 21 heavy (non-hydrogen) atoms. The van der Waals surface area contributed by atoms with Crippen LogP contribution in [-0.4, -0.2) is 13.1 Å². The minimum absolute atomic E-state index is 0.257. The highest BCUT2D eigenvalue weighted by molar-refractivity contribution is 6.00. The van der Waals surface area contributed by atoms with Gasteiger partial charge in [0.25, 0.3) is 0 Å². The molecule has 0 radical (unpaired) electrons. The smallest absolute Gasteiger partial charge is 0.323 e. The van der Waals surface area contributed by atoms with Gasteiger partial charge in [-0.15, -0.1) is 0 Å². The summed E-state index contributed by atoms with van der Waals surface area (Å²) in [4.78, 5) is 12.0. The van der Waals surface area contributed by atoms with Gasteiger partial charge >= 0.3 is 6.03 Å². The first-order valence-corrected chi connectivity index (χ1v) is 6.94. The van der Waals surface area contributed by atoms with Crippen molar-refractivity contribution in [2.24, 2.45) is 0 Å². The minimum Gasteiger partial charge on any atom is -0.497 e. The third kappa shape index (κ3) is 3.99. The molecule has 2 aromatic rings. The normalized spacial score (nSPS) is 10.0. The maximum Gasteiger partial charge on any atom is 0.323 e. The van der Waals surface area contributed by atoms with Gasteiger partial charge in [0.05, 0.1) is 7.11 Å². The number of carbonyl (C=O) groups is 1. The van der Waals surface area contributed by atoms with Crippen molar-refractivity contribution in [3.05, 3.63) is 53.6 Å². The average Bonchev–Trinajstić information content (AvgIpc) is 2.50. The zero-order valence-electron chi connectivity index (χ0n) is 12.6. The zero-order valence-corrected chi connectivity index (χ0v) is 12.6. The SMILES string of the molecule is CCc1ccc(NC(=O)Nc2ccc(OC)cc2C)cc1. The Morgan fingerprint density at radius 1 is 1.10 bits per heavy atom. The summed E-state index contributed by atoms with van der Waals surface area (Å²) in [5.41, 5.74) is 3.73. The standard InChI is InChI=1S/C17H20N2O2/c1-4-13-5-7-14(8-6-13)18-17(20)19-16-10-9-15(21-3)11-12(16)2/h5-11H,4H2,1-3H3,(H2,18,19,20). The third-order valence-corrected chi connectivity index (χ3v) is 3.30. The Hall–Kier alpha value is -2.49. The van der Waals surface area contributed by atoms with Crippen LogP contribution in [0.2, 0.25) is 0 Å². The van der Waals surface area contributed by atoms with E-state index in [1.54, 1.807) is 7.11 Å². The first kappa shape index (κ1) is 14.9. The number of hydrogen-bond donors (Lipinski definition) is 2. The Labute approximate surface area is 125 Å². The van der Waals surface area contributed by atoms with E-state index in [0.717, 1.165) is 29.1 Å². The lowest BCUT2D eigenvalue weighted by atomic mass is 10.1. The summed E-state index contributed by atoms with van der Waals surface area (Å²) in [6, 6.07) is 13.1. The number of carbonyl (C=O) groups excluding carboxylic acids is 1. The van der Waals surface area contributed by atoms with Gasteiger partial charge in [-0.05, 0) is 54.8 Å². The predicted molar refractivity (Wildman–Crippen MR) is 86.2 cm³/mol. The number of ether oxygens (including phenoxy) is 1. The highest BCUT2D eigenvalue weighted by Crippen LogP contribution is 2.21. The molecule has 4 heteroatoms. The van der Waals surface area contributed by atoms with Gasteiger partial charge in [-0.3, -0.25) is 0 Å². The van der Waals surface area contributed by atoms with E-state index in [4.69, 9.17) is 4.74 Å². The van der Waals surface area contributed by atoms with Gasteiger partial charge in [0.15, 0.2) is 0 Å². The zero-order chi connectivity index (χ0) is 15.2. The predicted octanol–water partition coefficient (Wildman–Crippen LogP) is 4.21. The highest BCUT2D eigenvalue weighted by atomic mass is 16.5. The lowest BCUT2D eigenvalue weighted by molar-refractivity contribution is 0.262. The van der Waals surface area contributed by atoms with Crippen LogP contribution in [0.3, 0.4) is 0 Å². The summed E-state index contributed by atoms with van der Waals surface area (Å²) < 4.78 is 5.14. The Morgan fingerprint density at radius 2 is 1.81 bits per heavy atom. The van der Waals surface area contributed by atoms with Crippen molar-refractivity contribution in [3.8, 4) is 5.75 Å². The van der Waals surface area contributed by atoms with E-state index >= 15 is 0 Å². The van der Waals surface area contributed by atoms with Crippen molar-refractivity contribution in [1.82, 2.24) is 0 Å². The number of rotatable bonds is 4. The second-order valence-corrected chi connectivity index (χ2v) is 4.81. The van der Waals surface area contributed by atoms with Crippen LogP contribution in [0.25, 0.3) is 0 Å². The summed E-state index contributed by atoms with van der Waals surface area (Å²) in [5, 5.41) is 5.65. The molecular formula is C17H20N2O2. The van der Waals surface area contributed by atoms with Crippen LogP contribution in [0.15, 0.2) is 42.5 Å². The molecule has 0 aliphatic heterocycles. The lowest BCUT2D eigenvalue weighted by Gasteiger charge is -2.11. The van der Waals surface area contributed by atoms with Crippen molar-refractivity contribution in [2.45, 2.75) is 20.3 Å². The van der Waals surface area contributed by atoms with E-state index in [2.05, 4.69) is 17.6 Å². The molecule has 4 nitrogen and oxygen atoms in total. The van der Waals surface area contributed by atoms with Crippen molar-refractivity contribution in [2.75, 3.05) is 17.7 Å². The topological polar surface area (TPSA) is 50.4 Å². The fraction of sp³-hybridized carbons (Fsp3) is 0.235. The van der Waals surface area contributed by atoms with Gasteiger partial charge in [-0.1, -0.05) is 19.1 Å². The average molecular weight is 284 g/mol. The molecule has 0 spiro atoms. The third-order valence-electron chi connectivity index (χ3n) is 3.30. The maximum atomic E-state index is 12.0. The van der Waals surface area contributed by atoms with E-state index in [1.165, 1.54) is 5.56 Å². The summed E-state index contributed by atoms with van der Waals surface area (Å²) >= 11 is 0. The highest BCUT2D eigenvalue weighted by Gasteiger charge is 2.06. The Morgan fingerprint density at radius 3 is 2.38 bits per heavy atom. The van der Waals surface area contributed by atoms with E-state index in [0.29, 0.717) is 0 Å². The van der Waals surface area contributed by atoms with Crippen molar-refractivity contribution in [3.63, 3.8) is 0 Å². The quantitative estimate of drug-likeness (QED) is 0.883. The van der Waals surface area contributed by atoms with Crippen molar-refractivity contribution < 1.29 is 9.53 Å². The van der Waals surface area contributed by atoms with Gasteiger partial charge in [-0.25, -0.2) is 4.79 Å². The maximum absolute atomic E-state index is 12.0. The molecule has 0 saturated heterocycles. The van der Waals surface area contributed by atoms with E-state index < -0.39 is 0 Å². The molecule has 2 rings (SSSR count). The Kier molecular flexibility index (Phi) is 4.82. The minimum atomic E-state index is -0.257. The van der Waals surface area contributed by atoms with E-state index in [9.17, 15) is 4.79 Å². The van der Waals surface area contributed by atoms with Gasteiger partial charge in [-0.2, -0.15) is 0 Å². The molecule has 0 unspecified atom stereocenters. The van der Waals surface area contributed by atoms with Crippen LogP contribution < -0.4 is 15.4 Å². The molecule has 2 N–H and O–H groups in total. The van der Waals surface area contributed by atoms with Crippen molar-refractivity contribution in [1.29, 1.82) is 0 Å². The summed E-state index contributed by atoms with van der Waals surface area (Å²) in [5.74, 6) is 0.772. The number of urea groups is 1. The number of benzene rings is 2. The molecule has 0 aliphatic rings. The van der Waals surface area contributed by atoms with Crippen LogP contribution in [0.5, 0.6) is 5.75 Å². The molecule has 0 aromatic heterocycles. The fourth-order valence-corrected chi connectivity index (χ4v) is 2.01. The fourth-order valence-electron chi connectivity index (χ4n) is 2.01. The van der Waals surface area contributed by atoms with Gasteiger partial charge in [0.1, 0.15) is 5.75 Å². The van der Waals surface area contributed by atoms with Gasteiger partial charge in [0, 0.05) is 11.4 Å². The molecule has 0 bridgehead atoms. The molecule has 2 amide bonds. The second-order valence-electron chi connectivity index (χ2n) is 4.81. The second kappa shape index (κ2) is 6.79. The Balaban J connectivity index is 2.00. The van der Waals surface area contributed by atoms with E-state index in [-0.39, 0.29) is 6.03 Å². The Bertz CT molecular complexity index is 621. The molecule has 0 fully saturated rings. The van der Waals surface area contributed by atoms with Crippen LogP contribution in [0.4, 0.5) is 16.2 Å². The van der Waals surface area contributed by atoms with Crippen LogP contribution in [0, 0.1) is 6.92 Å². The molecule has 0 saturated carbocycles. The lowest BCUT2D eigenvalue weighted by Crippen LogP contribution is -2.19. The van der Waals surface area contributed by atoms with Crippen molar-refractivity contribution >= 4 is 17.4 Å². The number of hydrogen-bond acceptors (Lipinski definition) is 2. The molecule has 0 heterocycles. The number of amides is 2. The first-order chi connectivity index (χ1) is 10.1. The molecule has 0 aliphatic carbocycles. The summed E-state index contributed by atoms with van der Waals surface area (Å²) in [6.45, 7) is 4.02. The molecule has 110 valence electrons. The number of methoxy groups -OCH3 is 1. The van der Waals surface area contributed by atoms with E-state index in [1.807, 2.05) is 49.4 Å². The largest absolute Gasteiger partial charge is 0.497 e. The monoisotopic (exact) mass is 284 g/mol. The van der Waals surface area contributed by atoms with Crippen LogP contribution >= 0.6 is 0 Å². The van der Waals surface area contributed by atoms with Crippen LogP contribution in [-0.2, 0) is 6.42 Å². The first-order valence-electron chi connectivity index (χ1n) is 6.94. The molecule has 0 atom stereocenters. The number of nitrogens with one attached hydrogen (secondary N) is 2.